The van der Waals surface area contributed by atoms with Crippen LogP contribution in [0.25, 0.3) is 49.7 Å². The number of aromatic nitrogens is 3. The maximum atomic E-state index is 4.83. The lowest BCUT2D eigenvalue weighted by Gasteiger charge is -2.07. The first kappa shape index (κ1) is 18.8. The molecule has 5 aromatic rings. The number of aliphatic imine (C=N–C) groups is 2. The largest absolute Gasteiger partial charge is 0.253 e. The third-order valence-electron chi connectivity index (χ3n) is 5.22. The Kier molecular flexibility index (Phi) is 4.77. The van der Waals surface area contributed by atoms with E-state index in [-0.39, 0.29) is 0 Å². The first-order chi connectivity index (χ1) is 15.2. The third-order valence-corrected chi connectivity index (χ3v) is 5.22. The second-order valence-corrected chi connectivity index (χ2v) is 7.31. The molecule has 0 atom stereocenters. The molecule has 5 nitrogen and oxygen atoms in total. The van der Waals surface area contributed by atoms with Gasteiger partial charge in [-0.25, -0.2) is 15.0 Å². The second kappa shape index (κ2) is 7.88. The van der Waals surface area contributed by atoms with Crippen LogP contribution < -0.4 is 0 Å². The SMILES string of the molecule is C=N/C=N\C=C(/C)c1ccc2nc3ccc(-c4cnc5ccccc5n4)cc3cc2c1. The van der Waals surface area contributed by atoms with Gasteiger partial charge in [0.1, 0.15) is 6.34 Å². The van der Waals surface area contributed by atoms with E-state index in [0.29, 0.717) is 0 Å². The minimum atomic E-state index is 0.849. The zero-order chi connectivity index (χ0) is 21.2. The van der Waals surface area contributed by atoms with E-state index < -0.39 is 0 Å². The molecule has 0 aliphatic heterocycles. The lowest BCUT2D eigenvalue weighted by molar-refractivity contribution is 1.29. The zero-order valence-electron chi connectivity index (χ0n) is 17.0. The number of fused-ring (bicyclic) bond motifs is 3. The molecule has 0 aliphatic carbocycles. The number of benzene rings is 3. The van der Waals surface area contributed by atoms with Crippen LogP contribution in [-0.4, -0.2) is 28.0 Å². The van der Waals surface area contributed by atoms with Gasteiger partial charge in [0.05, 0.1) is 34.0 Å². The molecule has 0 radical (unpaired) electrons. The molecule has 31 heavy (non-hydrogen) atoms. The van der Waals surface area contributed by atoms with Gasteiger partial charge in [-0.1, -0.05) is 24.3 Å². The monoisotopic (exact) mass is 401 g/mol. The number of hydrogen-bond donors (Lipinski definition) is 0. The van der Waals surface area contributed by atoms with Crippen LogP contribution in [0.3, 0.4) is 0 Å². The third kappa shape index (κ3) is 3.69. The quantitative estimate of drug-likeness (QED) is 0.208. The Hall–Kier alpha value is -4.25. The molecule has 0 amide bonds. The summed E-state index contributed by atoms with van der Waals surface area (Å²) in [7, 11) is 0. The van der Waals surface area contributed by atoms with Gasteiger partial charge in [0, 0.05) is 22.5 Å². The van der Waals surface area contributed by atoms with Crippen LogP contribution in [0.2, 0.25) is 0 Å². The molecule has 148 valence electrons. The predicted octanol–water partition coefficient (Wildman–Crippen LogP) is 6.09. The fraction of sp³-hybridized carbons (Fsp3) is 0.0385. The summed E-state index contributed by atoms with van der Waals surface area (Å²) in [6.07, 6.45) is 5.03. The van der Waals surface area contributed by atoms with Crippen molar-refractivity contribution < 1.29 is 0 Å². The van der Waals surface area contributed by atoms with E-state index in [2.05, 4.69) is 46.0 Å². The topological polar surface area (TPSA) is 63.4 Å². The van der Waals surface area contributed by atoms with Crippen LogP contribution in [0, 0.1) is 0 Å². The first-order valence-corrected chi connectivity index (χ1v) is 9.93. The van der Waals surface area contributed by atoms with Crippen LogP contribution in [0.4, 0.5) is 0 Å². The molecule has 5 heteroatoms. The fourth-order valence-corrected chi connectivity index (χ4v) is 3.61. The molecule has 0 N–H and O–H groups in total. The van der Waals surface area contributed by atoms with Crippen molar-refractivity contribution in [3.05, 3.63) is 84.7 Å². The molecular formula is C26H19N5. The second-order valence-electron chi connectivity index (χ2n) is 7.31. The Balaban J connectivity index is 1.59. The smallest absolute Gasteiger partial charge is 0.114 e. The number of hydrogen-bond acceptors (Lipinski definition) is 4. The van der Waals surface area contributed by atoms with Crippen molar-refractivity contribution in [3.63, 3.8) is 0 Å². The Labute approximate surface area is 179 Å². The summed E-state index contributed by atoms with van der Waals surface area (Å²) in [5.41, 5.74) is 7.69. The summed E-state index contributed by atoms with van der Waals surface area (Å²) in [5, 5.41) is 2.14. The number of pyridine rings is 1. The van der Waals surface area contributed by atoms with Crippen molar-refractivity contribution in [2.45, 2.75) is 6.92 Å². The molecule has 0 fully saturated rings. The van der Waals surface area contributed by atoms with Crippen LogP contribution in [0.5, 0.6) is 0 Å². The van der Waals surface area contributed by atoms with Gasteiger partial charge in [0.25, 0.3) is 0 Å². The van der Waals surface area contributed by atoms with E-state index in [1.54, 1.807) is 6.20 Å². The maximum absolute atomic E-state index is 4.83. The van der Waals surface area contributed by atoms with Crippen LogP contribution in [0.15, 0.2) is 89.1 Å². The van der Waals surface area contributed by atoms with E-state index in [4.69, 9.17) is 9.97 Å². The van der Waals surface area contributed by atoms with Crippen molar-refractivity contribution in [2.24, 2.45) is 9.98 Å². The molecule has 0 spiro atoms. The van der Waals surface area contributed by atoms with Crippen LogP contribution in [0.1, 0.15) is 12.5 Å². The highest BCUT2D eigenvalue weighted by atomic mass is 14.8. The Morgan fingerprint density at radius 2 is 1.61 bits per heavy atom. The maximum Gasteiger partial charge on any atom is 0.114 e. The Morgan fingerprint density at radius 1 is 0.839 bits per heavy atom. The lowest BCUT2D eigenvalue weighted by atomic mass is 10.0. The molecule has 0 aliphatic rings. The van der Waals surface area contributed by atoms with E-state index in [0.717, 1.165) is 55.2 Å². The van der Waals surface area contributed by atoms with E-state index in [1.165, 1.54) is 6.34 Å². The van der Waals surface area contributed by atoms with Gasteiger partial charge in [-0.15, -0.1) is 0 Å². The number of allylic oxidation sites excluding steroid dienone is 1. The summed E-state index contributed by atoms with van der Waals surface area (Å²) in [5.74, 6) is 0. The van der Waals surface area contributed by atoms with E-state index in [9.17, 15) is 0 Å². The lowest BCUT2D eigenvalue weighted by Crippen LogP contribution is -1.90. The van der Waals surface area contributed by atoms with E-state index in [1.807, 2.05) is 55.6 Å². The number of para-hydroxylation sites is 2. The molecule has 5 rings (SSSR count). The van der Waals surface area contributed by atoms with Gasteiger partial charge in [0.2, 0.25) is 0 Å². The average Bonchev–Trinajstić information content (AvgIpc) is 2.81. The van der Waals surface area contributed by atoms with Gasteiger partial charge >= 0.3 is 0 Å². The van der Waals surface area contributed by atoms with Gasteiger partial charge in [-0.2, -0.15) is 0 Å². The predicted molar refractivity (Wildman–Crippen MR) is 129 cm³/mol. The standard InChI is InChI=1S/C26H19N5/c1-17(14-28-16-27-2)18-7-9-22-20(11-18)13-21-12-19(8-10-23(21)30-22)26-15-29-24-5-3-4-6-25(24)31-26/h3-16H,2H2,1H3/b17-14+,28-16-. The van der Waals surface area contributed by atoms with Crippen molar-refractivity contribution in [1.29, 1.82) is 0 Å². The zero-order valence-corrected chi connectivity index (χ0v) is 17.0. The normalized spacial score (nSPS) is 12.2. The number of rotatable bonds is 4. The van der Waals surface area contributed by atoms with Gasteiger partial charge in [-0.3, -0.25) is 9.98 Å². The fourth-order valence-electron chi connectivity index (χ4n) is 3.61. The molecular weight excluding hydrogens is 382 g/mol. The van der Waals surface area contributed by atoms with Crippen molar-refractivity contribution >= 4 is 51.5 Å². The summed E-state index contributed by atoms with van der Waals surface area (Å²) in [4.78, 5) is 21.9. The van der Waals surface area contributed by atoms with Gasteiger partial charge < -0.3 is 0 Å². The van der Waals surface area contributed by atoms with Gasteiger partial charge in [-0.05, 0) is 67.2 Å². The highest BCUT2D eigenvalue weighted by Crippen LogP contribution is 2.27. The molecule has 0 bridgehead atoms. The molecule has 0 unspecified atom stereocenters. The van der Waals surface area contributed by atoms with Crippen molar-refractivity contribution in [1.82, 2.24) is 15.0 Å². The summed E-state index contributed by atoms with van der Waals surface area (Å²) in [6.45, 7) is 5.42. The molecule has 3 aromatic carbocycles. The molecule has 2 heterocycles. The highest BCUT2D eigenvalue weighted by Gasteiger charge is 2.07. The summed E-state index contributed by atoms with van der Waals surface area (Å²) < 4.78 is 0. The molecule has 0 saturated carbocycles. The van der Waals surface area contributed by atoms with Crippen LogP contribution in [-0.2, 0) is 0 Å². The van der Waals surface area contributed by atoms with Crippen molar-refractivity contribution in [3.8, 4) is 11.3 Å². The van der Waals surface area contributed by atoms with E-state index >= 15 is 0 Å². The molecule has 0 saturated heterocycles. The van der Waals surface area contributed by atoms with Crippen LogP contribution >= 0.6 is 0 Å². The average molecular weight is 401 g/mol. The minimum absolute atomic E-state index is 0.849. The Bertz CT molecular complexity index is 1520. The molecule has 2 aromatic heterocycles. The number of nitrogens with zero attached hydrogens (tertiary/aromatic N) is 5. The Morgan fingerprint density at radius 3 is 2.45 bits per heavy atom. The minimum Gasteiger partial charge on any atom is -0.253 e. The highest BCUT2D eigenvalue weighted by molar-refractivity contribution is 5.95. The first-order valence-electron chi connectivity index (χ1n) is 9.93. The summed E-state index contributed by atoms with van der Waals surface area (Å²) >= 11 is 0. The van der Waals surface area contributed by atoms with Crippen molar-refractivity contribution in [2.75, 3.05) is 0 Å². The van der Waals surface area contributed by atoms with Gasteiger partial charge in [0.15, 0.2) is 0 Å². The summed E-state index contributed by atoms with van der Waals surface area (Å²) in [6, 6.07) is 22.5.